The number of anilines is 1. The van der Waals surface area contributed by atoms with Gasteiger partial charge in [-0.05, 0) is 155 Å². The number of para-hydroxylation sites is 2. The molecule has 0 spiro atoms. The zero-order valence-corrected chi connectivity index (χ0v) is 44.4. The lowest BCUT2D eigenvalue weighted by Gasteiger charge is -2.31. The Morgan fingerprint density at radius 1 is 0.385 bits per heavy atom. The molecule has 0 aromatic heterocycles. The fourth-order valence-corrected chi connectivity index (χ4v) is 10.5. The lowest BCUT2D eigenvalue weighted by Crippen LogP contribution is -2.21. The Bertz CT molecular complexity index is 2400. The molecule has 0 amide bonds. The number of nitrogens with zero attached hydrogens (tertiary/aromatic N) is 1. The first-order valence-corrected chi connectivity index (χ1v) is 25.7. The number of hydrogen-bond acceptors (Lipinski definition) is 2. The molecule has 1 heterocycles. The minimum atomic E-state index is 0.0297. The van der Waals surface area contributed by atoms with Crippen LogP contribution in [0.1, 0.15) is 277 Å². The van der Waals surface area contributed by atoms with E-state index < -0.39 is 0 Å². The van der Waals surface area contributed by atoms with E-state index in [0.29, 0.717) is 59.2 Å². The lowest BCUT2D eigenvalue weighted by molar-refractivity contribution is 0.734. The molecule has 6 rings (SSSR count). The maximum absolute atomic E-state index is 5.75. The quantitative estimate of drug-likeness (QED) is 0.118. The van der Waals surface area contributed by atoms with Crippen LogP contribution < -0.4 is 5.32 Å². The van der Waals surface area contributed by atoms with Crippen LogP contribution in [-0.2, 0) is 0 Å². The van der Waals surface area contributed by atoms with Gasteiger partial charge in [0, 0.05) is 12.0 Å². The second kappa shape index (κ2) is 20.2. The van der Waals surface area contributed by atoms with Gasteiger partial charge >= 0.3 is 0 Å². The summed E-state index contributed by atoms with van der Waals surface area (Å²) in [6.45, 7) is 47.5. The molecule has 0 fully saturated rings. The van der Waals surface area contributed by atoms with E-state index >= 15 is 0 Å². The molecule has 1 unspecified atom stereocenters. The third-order valence-electron chi connectivity index (χ3n) is 14.3. The van der Waals surface area contributed by atoms with Crippen LogP contribution in [0.15, 0.2) is 77.8 Å². The van der Waals surface area contributed by atoms with E-state index in [1.165, 1.54) is 94.7 Å². The Hall–Kier alpha value is -4.43. The van der Waals surface area contributed by atoms with Crippen molar-refractivity contribution in [3.05, 3.63) is 140 Å². The first kappa shape index (κ1) is 50.0. The molecular weight excluding hydrogens is 785 g/mol. The Morgan fingerprint density at radius 2 is 0.708 bits per heavy atom. The molecule has 5 aromatic rings. The molecule has 1 atom stereocenters. The third-order valence-corrected chi connectivity index (χ3v) is 14.3. The molecule has 65 heavy (non-hydrogen) atoms. The van der Waals surface area contributed by atoms with Crippen LogP contribution >= 0.6 is 0 Å². The highest BCUT2D eigenvalue weighted by atomic mass is 15.0. The van der Waals surface area contributed by atoms with Crippen molar-refractivity contribution in [1.82, 2.24) is 0 Å². The van der Waals surface area contributed by atoms with Crippen molar-refractivity contribution in [2.45, 2.75) is 210 Å². The van der Waals surface area contributed by atoms with Crippen LogP contribution in [0.25, 0.3) is 22.3 Å². The number of benzene rings is 5. The summed E-state index contributed by atoms with van der Waals surface area (Å²) >= 11 is 0. The molecule has 0 aliphatic carbocycles. The minimum absolute atomic E-state index is 0.0297. The van der Waals surface area contributed by atoms with Crippen LogP contribution in [0.3, 0.4) is 0 Å². The van der Waals surface area contributed by atoms with E-state index in [-0.39, 0.29) is 6.04 Å². The normalized spacial score (nSPS) is 14.6. The van der Waals surface area contributed by atoms with Gasteiger partial charge in [0.25, 0.3) is 0 Å². The molecule has 1 aliphatic rings. The highest BCUT2D eigenvalue weighted by Gasteiger charge is 2.32. The smallest absolute Gasteiger partial charge is 0.0864 e. The predicted molar refractivity (Wildman–Crippen MR) is 288 cm³/mol. The second-order valence-corrected chi connectivity index (χ2v) is 22.8. The van der Waals surface area contributed by atoms with Gasteiger partial charge in [-0.3, -0.25) is 4.99 Å². The summed E-state index contributed by atoms with van der Waals surface area (Å²) in [6.07, 6.45) is 0.793. The van der Waals surface area contributed by atoms with E-state index in [0.717, 1.165) is 17.8 Å². The van der Waals surface area contributed by atoms with Gasteiger partial charge in [0.2, 0.25) is 0 Å². The summed E-state index contributed by atoms with van der Waals surface area (Å²) in [6, 6.07) is 29.1. The predicted octanol–water partition coefficient (Wildman–Crippen LogP) is 19.9. The van der Waals surface area contributed by atoms with Crippen LogP contribution in [-0.4, -0.2) is 5.71 Å². The van der Waals surface area contributed by atoms with Gasteiger partial charge in [-0.25, -0.2) is 0 Å². The van der Waals surface area contributed by atoms with Gasteiger partial charge < -0.3 is 5.32 Å². The molecule has 0 radical (unpaired) electrons. The van der Waals surface area contributed by atoms with Crippen molar-refractivity contribution >= 4 is 17.1 Å². The summed E-state index contributed by atoms with van der Waals surface area (Å²) < 4.78 is 0. The summed E-state index contributed by atoms with van der Waals surface area (Å²) in [5.41, 5.74) is 26.1. The molecular formula is C63H86N2. The van der Waals surface area contributed by atoms with Crippen LogP contribution in [0.4, 0.5) is 11.4 Å². The number of fused-ring (bicyclic) bond motifs is 1. The fourth-order valence-electron chi connectivity index (χ4n) is 10.5. The van der Waals surface area contributed by atoms with Gasteiger partial charge in [0.05, 0.1) is 23.1 Å². The van der Waals surface area contributed by atoms with Crippen molar-refractivity contribution in [3.8, 4) is 22.3 Å². The van der Waals surface area contributed by atoms with Crippen molar-refractivity contribution in [1.29, 1.82) is 0 Å². The maximum Gasteiger partial charge on any atom is 0.0864 e. The molecule has 0 saturated heterocycles. The van der Waals surface area contributed by atoms with Gasteiger partial charge in [0.1, 0.15) is 0 Å². The first-order chi connectivity index (χ1) is 30.5. The maximum atomic E-state index is 5.75. The second-order valence-electron chi connectivity index (χ2n) is 22.8. The van der Waals surface area contributed by atoms with Crippen LogP contribution in [0.5, 0.6) is 0 Å². The molecule has 1 N–H and O–H groups in total. The largest absolute Gasteiger partial charge is 0.376 e. The SMILES string of the molecule is CC(C)c1cc(C(C)C)c(-c2cc(C(C)C)c(C3=Nc4ccccc4NC(c4c(C(C)C)cc(-c5c(C(C)C)cc(C(C)C)cc5C(C)C)cc4C(C)C)C3)c(C(C)C)c2)c(C(C)C)c1. The fraction of sp³-hybridized carbons (Fsp3) is 0.508. The van der Waals surface area contributed by atoms with Crippen molar-refractivity contribution in [2.75, 3.05) is 5.32 Å². The van der Waals surface area contributed by atoms with E-state index in [2.05, 4.69) is 217 Å². The summed E-state index contributed by atoms with van der Waals surface area (Å²) in [5.74, 6) is 3.86. The average molecular weight is 871 g/mol. The Labute approximate surface area is 397 Å². The molecule has 2 heteroatoms. The van der Waals surface area contributed by atoms with E-state index in [4.69, 9.17) is 4.99 Å². The average Bonchev–Trinajstić information content (AvgIpc) is 3.43. The van der Waals surface area contributed by atoms with Crippen molar-refractivity contribution < 1.29 is 0 Å². The highest BCUT2D eigenvalue weighted by Crippen LogP contribution is 2.48. The molecule has 5 aromatic carbocycles. The lowest BCUT2D eigenvalue weighted by atomic mass is 9.76. The Balaban J connectivity index is 1.65. The van der Waals surface area contributed by atoms with Crippen LogP contribution in [0, 0.1) is 0 Å². The third kappa shape index (κ3) is 10.3. The van der Waals surface area contributed by atoms with Crippen molar-refractivity contribution in [3.63, 3.8) is 0 Å². The molecule has 348 valence electrons. The van der Waals surface area contributed by atoms with Gasteiger partial charge in [-0.15, -0.1) is 0 Å². The zero-order chi connectivity index (χ0) is 47.9. The minimum Gasteiger partial charge on any atom is -0.376 e. The standard InChI is InChI=1S/C63H86N2/c1-34(2)44-25-48(36(5)6)60(49(26-44)37(7)8)46-29-52(40(13)14)62(53(30-46)41(15)16)58-33-59(65-57-24-22-21-23-56(57)64-58)63-54(42(17)18)31-47(32-55(63)43(19)20)61-50(38(9)10)27-45(35(3)4)28-51(61)39(11)12/h21-32,34-43,58,64H,33H2,1-20H3. The van der Waals surface area contributed by atoms with Gasteiger partial charge in [-0.1, -0.05) is 199 Å². The van der Waals surface area contributed by atoms with E-state index in [1.807, 2.05) is 0 Å². The Kier molecular flexibility index (Phi) is 15.5. The van der Waals surface area contributed by atoms with E-state index in [1.54, 1.807) is 0 Å². The van der Waals surface area contributed by atoms with Gasteiger partial charge in [0.15, 0.2) is 0 Å². The highest BCUT2D eigenvalue weighted by molar-refractivity contribution is 6.07. The first-order valence-electron chi connectivity index (χ1n) is 25.7. The van der Waals surface area contributed by atoms with Crippen molar-refractivity contribution in [2.24, 2.45) is 4.99 Å². The topological polar surface area (TPSA) is 24.4 Å². The number of nitrogens with one attached hydrogen (secondary N) is 1. The summed E-state index contributed by atoms with van der Waals surface area (Å²) in [5, 5.41) is 4.18. The Morgan fingerprint density at radius 3 is 1.05 bits per heavy atom. The zero-order valence-electron chi connectivity index (χ0n) is 44.4. The summed E-state index contributed by atoms with van der Waals surface area (Å²) in [4.78, 5) is 5.75. The molecule has 0 bridgehead atoms. The number of aliphatic imine (C=N–C) groups is 1. The van der Waals surface area contributed by atoms with Gasteiger partial charge in [-0.2, -0.15) is 0 Å². The van der Waals surface area contributed by atoms with Crippen LogP contribution in [0.2, 0.25) is 0 Å². The number of rotatable bonds is 14. The summed E-state index contributed by atoms with van der Waals surface area (Å²) in [7, 11) is 0. The molecule has 2 nitrogen and oxygen atoms in total. The molecule has 0 saturated carbocycles. The monoisotopic (exact) mass is 871 g/mol. The number of hydrogen-bond donors (Lipinski definition) is 1. The van der Waals surface area contributed by atoms with E-state index in [9.17, 15) is 0 Å². The molecule has 1 aliphatic heterocycles.